The van der Waals surface area contributed by atoms with E-state index in [0.29, 0.717) is 29.0 Å². The molecule has 1 fully saturated rings. The van der Waals surface area contributed by atoms with Gasteiger partial charge in [-0.2, -0.15) is 0 Å². The maximum Gasteiger partial charge on any atom is 0.375 e. The molecular formula is C29H29NO6. The lowest BCUT2D eigenvalue weighted by molar-refractivity contribution is 0.0442. The van der Waals surface area contributed by atoms with Gasteiger partial charge in [0, 0.05) is 35.5 Å². The molecule has 2 aromatic heterocycles. The molecule has 0 spiro atoms. The van der Waals surface area contributed by atoms with E-state index in [4.69, 9.17) is 18.6 Å². The van der Waals surface area contributed by atoms with Crippen LogP contribution in [-0.4, -0.2) is 35.6 Å². The van der Waals surface area contributed by atoms with Gasteiger partial charge in [0.2, 0.25) is 11.5 Å². The number of esters is 1. The lowest BCUT2D eigenvalue weighted by atomic mass is 10.1. The SMILES string of the molecule is Cc1cc(C(=O)COC(=O)c2oc3ccccc3c2COc2ccccc2)c(C)n1C[C@H]1CCCO1. The minimum absolute atomic E-state index is 0.0452. The summed E-state index contributed by atoms with van der Waals surface area (Å²) in [7, 11) is 0. The number of Topliss-reactive ketones (excluding diaryl/α,β-unsaturated/α-hetero) is 1. The molecule has 36 heavy (non-hydrogen) atoms. The Morgan fingerprint density at radius 3 is 2.61 bits per heavy atom. The zero-order chi connectivity index (χ0) is 25.1. The van der Waals surface area contributed by atoms with Crippen LogP contribution in [0.3, 0.4) is 0 Å². The number of hydrogen-bond acceptors (Lipinski definition) is 6. The first-order valence-corrected chi connectivity index (χ1v) is 12.2. The summed E-state index contributed by atoms with van der Waals surface area (Å²) in [5.74, 6) is -0.230. The third kappa shape index (κ3) is 4.93. The smallest absolute Gasteiger partial charge is 0.375 e. The Bertz CT molecular complexity index is 1380. The number of carbonyl (C=O) groups is 2. The van der Waals surface area contributed by atoms with E-state index < -0.39 is 5.97 Å². The first-order valence-electron chi connectivity index (χ1n) is 12.2. The summed E-state index contributed by atoms with van der Waals surface area (Å²) in [6, 6.07) is 18.5. The van der Waals surface area contributed by atoms with Crippen LogP contribution in [0.4, 0.5) is 0 Å². The van der Waals surface area contributed by atoms with Gasteiger partial charge in [0.15, 0.2) is 6.61 Å². The summed E-state index contributed by atoms with van der Waals surface area (Å²) in [5.41, 5.74) is 3.53. The van der Waals surface area contributed by atoms with Crippen molar-refractivity contribution in [1.29, 1.82) is 0 Å². The van der Waals surface area contributed by atoms with Gasteiger partial charge in [-0.15, -0.1) is 0 Å². The van der Waals surface area contributed by atoms with Gasteiger partial charge in [-0.05, 0) is 51.0 Å². The topological polar surface area (TPSA) is 79.9 Å². The molecule has 0 saturated carbocycles. The molecular weight excluding hydrogens is 458 g/mol. The summed E-state index contributed by atoms with van der Waals surface area (Å²) in [4.78, 5) is 26.0. The number of para-hydroxylation sites is 2. The highest BCUT2D eigenvalue weighted by Crippen LogP contribution is 2.28. The first-order chi connectivity index (χ1) is 17.5. The summed E-state index contributed by atoms with van der Waals surface area (Å²) in [6.07, 6.45) is 2.25. The molecule has 0 radical (unpaired) electrons. The van der Waals surface area contributed by atoms with Gasteiger partial charge in [0.05, 0.1) is 11.7 Å². The van der Waals surface area contributed by atoms with E-state index in [-0.39, 0.29) is 30.9 Å². The normalized spacial score (nSPS) is 15.3. The van der Waals surface area contributed by atoms with Gasteiger partial charge in [-0.1, -0.05) is 36.4 Å². The van der Waals surface area contributed by atoms with Crippen LogP contribution in [0.5, 0.6) is 5.75 Å². The zero-order valence-corrected chi connectivity index (χ0v) is 20.5. The van der Waals surface area contributed by atoms with Crippen LogP contribution in [-0.2, 0) is 22.6 Å². The van der Waals surface area contributed by atoms with E-state index in [9.17, 15) is 9.59 Å². The Morgan fingerprint density at radius 1 is 1.06 bits per heavy atom. The van der Waals surface area contributed by atoms with Crippen LogP contribution in [0.25, 0.3) is 11.0 Å². The molecule has 1 saturated heterocycles. The number of aryl methyl sites for hydroxylation is 1. The molecule has 0 amide bonds. The molecule has 3 heterocycles. The van der Waals surface area contributed by atoms with E-state index >= 15 is 0 Å². The maximum atomic E-state index is 13.0. The predicted molar refractivity (Wildman–Crippen MR) is 134 cm³/mol. The molecule has 2 aromatic carbocycles. The number of carbonyl (C=O) groups excluding carboxylic acids is 2. The quantitative estimate of drug-likeness (QED) is 0.224. The van der Waals surface area contributed by atoms with Gasteiger partial charge in [0.1, 0.15) is 17.9 Å². The fourth-order valence-corrected chi connectivity index (χ4v) is 4.71. The van der Waals surface area contributed by atoms with Crippen LogP contribution in [0.1, 0.15) is 50.7 Å². The van der Waals surface area contributed by atoms with Crippen molar-refractivity contribution in [3.63, 3.8) is 0 Å². The zero-order valence-electron chi connectivity index (χ0n) is 20.5. The molecule has 1 atom stereocenters. The highest BCUT2D eigenvalue weighted by atomic mass is 16.5. The average molecular weight is 488 g/mol. The second kappa shape index (κ2) is 10.4. The van der Waals surface area contributed by atoms with Crippen molar-refractivity contribution in [2.75, 3.05) is 13.2 Å². The van der Waals surface area contributed by atoms with Crippen molar-refractivity contribution in [2.24, 2.45) is 0 Å². The standard InChI is InChI=1S/C29H29NO6/c1-19-15-24(20(2)30(19)16-22-11-8-14-33-22)26(31)18-35-29(32)28-25(17-34-21-9-4-3-5-10-21)23-12-6-7-13-27(23)36-28/h3-7,9-10,12-13,15,22H,8,11,14,16-18H2,1-2H3/t22-/m1/s1. The third-order valence-electron chi connectivity index (χ3n) is 6.63. The molecule has 186 valence electrons. The fraction of sp³-hybridized carbons (Fsp3) is 0.310. The number of ether oxygens (including phenoxy) is 3. The molecule has 0 bridgehead atoms. The summed E-state index contributed by atoms with van der Waals surface area (Å²) >= 11 is 0. The van der Waals surface area contributed by atoms with Crippen molar-refractivity contribution in [2.45, 2.75) is 45.9 Å². The van der Waals surface area contributed by atoms with Crippen LogP contribution in [0.2, 0.25) is 0 Å². The Morgan fingerprint density at radius 2 is 1.83 bits per heavy atom. The van der Waals surface area contributed by atoms with Crippen molar-refractivity contribution in [3.05, 3.63) is 88.9 Å². The number of rotatable bonds is 9. The predicted octanol–water partition coefficient (Wildman–Crippen LogP) is 5.65. The summed E-state index contributed by atoms with van der Waals surface area (Å²) < 4.78 is 25.0. The van der Waals surface area contributed by atoms with Gasteiger partial charge < -0.3 is 23.2 Å². The molecule has 0 aliphatic carbocycles. The van der Waals surface area contributed by atoms with E-state index in [0.717, 1.165) is 36.2 Å². The van der Waals surface area contributed by atoms with Crippen LogP contribution < -0.4 is 4.74 Å². The minimum Gasteiger partial charge on any atom is -0.489 e. The monoisotopic (exact) mass is 487 g/mol. The molecule has 5 rings (SSSR count). The maximum absolute atomic E-state index is 13.0. The highest BCUT2D eigenvalue weighted by molar-refractivity contribution is 6.01. The van der Waals surface area contributed by atoms with Crippen molar-refractivity contribution >= 4 is 22.7 Å². The average Bonchev–Trinajstić information content (AvgIpc) is 3.61. The third-order valence-corrected chi connectivity index (χ3v) is 6.63. The number of benzene rings is 2. The molecule has 0 N–H and O–H groups in total. The molecule has 4 aromatic rings. The fourth-order valence-electron chi connectivity index (χ4n) is 4.71. The van der Waals surface area contributed by atoms with Crippen molar-refractivity contribution in [3.8, 4) is 5.75 Å². The van der Waals surface area contributed by atoms with Crippen molar-refractivity contribution in [1.82, 2.24) is 4.57 Å². The molecule has 1 aliphatic heterocycles. The largest absolute Gasteiger partial charge is 0.489 e. The highest BCUT2D eigenvalue weighted by Gasteiger charge is 2.25. The summed E-state index contributed by atoms with van der Waals surface area (Å²) in [6.45, 7) is 5.14. The number of aromatic nitrogens is 1. The molecule has 0 unspecified atom stereocenters. The Labute approximate surface area is 209 Å². The number of furan rings is 1. The second-order valence-corrected chi connectivity index (χ2v) is 9.04. The molecule has 7 nitrogen and oxygen atoms in total. The number of nitrogens with zero attached hydrogens (tertiary/aromatic N) is 1. The van der Waals surface area contributed by atoms with E-state index in [2.05, 4.69) is 4.57 Å². The molecule has 7 heteroatoms. The summed E-state index contributed by atoms with van der Waals surface area (Å²) in [5, 5.41) is 0.768. The van der Waals surface area contributed by atoms with Gasteiger partial charge in [0.25, 0.3) is 0 Å². The molecule has 1 aliphatic rings. The minimum atomic E-state index is -0.695. The van der Waals surface area contributed by atoms with Crippen LogP contribution >= 0.6 is 0 Å². The Hall–Kier alpha value is -3.84. The first kappa shape index (κ1) is 23.9. The van der Waals surface area contributed by atoms with E-state index in [1.807, 2.05) is 68.4 Å². The van der Waals surface area contributed by atoms with Gasteiger partial charge >= 0.3 is 5.97 Å². The number of hydrogen-bond donors (Lipinski definition) is 0. The Kier molecular flexibility index (Phi) is 6.91. The lowest BCUT2D eigenvalue weighted by Crippen LogP contribution is -2.18. The number of fused-ring (bicyclic) bond motifs is 1. The van der Waals surface area contributed by atoms with Gasteiger partial charge in [-0.3, -0.25) is 4.79 Å². The Balaban J connectivity index is 1.30. The van der Waals surface area contributed by atoms with Crippen LogP contribution in [0, 0.1) is 13.8 Å². The second-order valence-electron chi connectivity index (χ2n) is 9.04. The number of ketones is 1. The van der Waals surface area contributed by atoms with Gasteiger partial charge in [-0.25, -0.2) is 4.79 Å². The lowest BCUT2D eigenvalue weighted by Gasteiger charge is -2.14. The van der Waals surface area contributed by atoms with E-state index in [1.165, 1.54) is 0 Å². The van der Waals surface area contributed by atoms with E-state index in [1.54, 1.807) is 6.07 Å². The van der Waals surface area contributed by atoms with Crippen molar-refractivity contribution < 1.29 is 28.2 Å². The van der Waals surface area contributed by atoms with Crippen LogP contribution in [0.15, 0.2) is 65.1 Å².